The third kappa shape index (κ3) is 3.09. The molecule has 1 heterocycles. The largest absolute Gasteiger partial charge is 0.362 e. The minimum Gasteiger partial charge on any atom is -0.362 e. The van der Waals surface area contributed by atoms with Crippen LogP contribution in [-0.4, -0.2) is 49.1 Å². The molecule has 1 saturated heterocycles. The number of nitrogens with one attached hydrogen (secondary N) is 1. The Morgan fingerprint density at radius 1 is 1.28 bits per heavy atom. The highest BCUT2D eigenvalue weighted by atomic mass is 16.5. The monoisotopic (exact) mass is 254 g/mol. The van der Waals surface area contributed by atoms with Gasteiger partial charge in [-0.05, 0) is 31.7 Å². The van der Waals surface area contributed by atoms with Gasteiger partial charge < -0.3 is 10.1 Å². The van der Waals surface area contributed by atoms with Crippen LogP contribution < -0.4 is 5.32 Å². The van der Waals surface area contributed by atoms with Gasteiger partial charge in [0.2, 0.25) is 0 Å². The van der Waals surface area contributed by atoms with Crippen LogP contribution in [0.15, 0.2) is 0 Å². The van der Waals surface area contributed by atoms with E-state index in [1.807, 2.05) is 0 Å². The van der Waals surface area contributed by atoms with Gasteiger partial charge in [-0.15, -0.1) is 0 Å². The molecule has 2 amide bonds. The fraction of sp³-hybridized carbons (Fsp3) is 0.846. The molecule has 0 bridgehead atoms. The van der Waals surface area contributed by atoms with Crippen molar-refractivity contribution in [3.63, 3.8) is 0 Å². The molecule has 18 heavy (non-hydrogen) atoms. The van der Waals surface area contributed by atoms with Crippen molar-refractivity contribution in [2.24, 2.45) is 5.92 Å². The molecule has 5 nitrogen and oxygen atoms in total. The van der Waals surface area contributed by atoms with E-state index in [0.29, 0.717) is 18.5 Å². The fourth-order valence-electron chi connectivity index (χ4n) is 2.98. The Labute approximate surface area is 108 Å². The standard InChI is InChI=1S/C13H22N2O3/c1-2-14-11-5-3-4-10(11)6-7-15-12(16)8-18-9-13(15)17/h10-11,14H,2-9H2,1H3. The summed E-state index contributed by atoms with van der Waals surface area (Å²) < 4.78 is 4.90. The van der Waals surface area contributed by atoms with Gasteiger partial charge in [-0.1, -0.05) is 13.3 Å². The lowest BCUT2D eigenvalue weighted by Crippen LogP contribution is -2.47. The van der Waals surface area contributed by atoms with Crippen LogP contribution in [0.1, 0.15) is 32.6 Å². The summed E-state index contributed by atoms with van der Waals surface area (Å²) in [5.41, 5.74) is 0. The van der Waals surface area contributed by atoms with Crippen molar-refractivity contribution >= 4 is 11.8 Å². The van der Waals surface area contributed by atoms with Crippen molar-refractivity contribution in [2.45, 2.75) is 38.6 Å². The van der Waals surface area contributed by atoms with Crippen molar-refractivity contribution < 1.29 is 14.3 Å². The number of nitrogens with zero attached hydrogens (tertiary/aromatic N) is 1. The Hall–Kier alpha value is -0.940. The molecule has 2 atom stereocenters. The molecule has 0 radical (unpaired) electrons. The highest BCUT2D eigenvalue weighted by Gasteiger charge is 2.30. The van der Waals surface area contributed by atoms with E-state index in [1.165, 1.54) is 24.2 Å². The van der Waals surface area contributed by atoms with Gasteiger partial charge in [0.1, 0.15) is 13.2 Å². The zero-order chi connectivity index (χ0) is 13.0. The number of amides is 2. The Balaban J connectivity index is 1.82. The summed E-state index contributed by atoms with van der Waals surface area (Å²) in [6.45, 7) is 3.74. The first-order chi connectivity index (χ1) is 8.72. The minimum absolute atomic E-state index is 0.0487. The van der Waals surface area contributed by atoms with Crippen LogP contribution >= 0.6 is 0 Å². The van der Waals surface area contributed by atoms with Crippen LogP contribution in [0.4, 0.5) is 0 Å². The Morgan fingerprint density at radius 3 is 2.67 bits per heavy atom. The molecule has 0 spiro atoms. The maximum absolute atomic E-state index is 11.6. The first-order valence-corrected chi connectivity index (χ1v) is 6.86. The molecular weight excluding hydrogens is 232 g/mol. The summed E-state index contributed by atoms with van der Waals surface area (Å²) in [6.07, 6.45) is 4.57. The van der Waals surface area contributed by atoms with Crippen molar-refractivity contribution in [3.05, 3.63) is 0 Å². The second-order valence-electron chi connectivity index (χ2n) is 5.08. The summed E-state index contributed by atoms with van der Waals surface area (Å²) in [6, 6.07) is 0.557. The molecule has 1 saturated carbocycles. The van der Waals surface area contributed by atoms with Crippen molar-refractivity contribution in [2.75, 3.05) is 26.3 Å². The lowest BCUT2D eigenvalue weighted by atomic mass is 9.99. The quantitative estimate of drug-likeness (QED) is 0.728. The summed E-state index contributed by atoms with van der Waals surface area (Å²) in [7, 11) is 0. The molecule has 5 heteroatoms. The molecule has 2 fully saturated rings. The zero-order valence-electron chi connectivity index (χ0n) is 11.0. The van der Waals surface area contributed by atoms with E-state index in [-0.39, 0.29) is 25.0 Å². The number of hydrogen-bond acceptors (Lipinski definition) is 4. The normalized spacial score (nSPS) is 29.1. The minimum atomic E-state index is -0.191. The molecular formula is C13H22N2O3. The van der Waals surface area contributed by atoms with E-state index >= 15 is 0 Å². The Kier molecular flexibility index (Phi) is 4.72. The third-order valence-electron chi connectivity index (χ3n) is 3.90. The van der Waals surface area contributed by atoms with Gasteiger partial charge in [-0.2, -0.15) is 0 Å². The highest BCUT2D eigenvalue weighted by molar-refractivity contribution is 5.98. The van der Waals surface area contributed by atoms with Gasteiger partial charge in [0, 0.05) is 12.6 Å². The molecule has 0 aromatic carbocycles. The summed E-state index contributed by atoms with van der Waals surface area (Å²) >= 11 is 0. The van der Waals surface area contributed by atoms with Crippen LogP contribution in [0.5, 0.6) is 0 Å². The molecule has 2 rings (SSSR count). The van der Waals surface area contributed by atoms with Gasteiger partial charge in [0.15, 0.2) is 0 Å². The van der Waals surface area contributed by atoms with Gasteiger partial charge in [-0.25, -0.2) is 0 Å². The molecule has 102 valence electrons. The lowest BCUT2D eigenvalue weighted by Gasteiger charge is -2.27. The topological polar surface area (TPSA) is 58.6 Å². The Bertz CT molecular complexity index is 303. The SMILES string of the molecule is CCNC1CCCC1CCN1C(=O)COCC1=O. The number of rotatable bonds is 5. The van der Waals surface area contributed by atoms with Gasteiger partial charge in [-0.3, -0.25) is 14.5 Å². The average molecular weight is 254 g/mol. The smallest absolute Gasteiger partial charge is 0.255 e. The van der Waals surface area contributed by atoms with Gasteiger partial charge >= 0.3 is 0 Å². The predicted molar refractivity (Wildman–Crippen MR) is 67.0 cm³/mol. The van der Waals surface area contributed by atoms with E-state index < -0.39 is 0 Å². The van der Waals surface area contributed by atoms with E-state index in [0.717, 1.165) is 13.0 Å². The zero-order valence-corrected chi connectivity index (χ0v) is 11.0. The highest BCUT2D eigenvalue weighted by Crippen LogP contribution is 2.28. The molecule has 0 aromatic heterocycles. The van der Waals surface area contributed by atoms with Gasteiger partial charge in [0.05, 0.1) is 0 Å². The lowest BCUT2D eigenvalue weighted by molar-refractivity contribution is -0.158. The van der Waals surface area contributed by atoms with E-state index in [4.69, 9.17) is 4.74 Å². The van der Waals surface area contributed by atoms with Crippen LogP contribution in [0.2, 0.25) is 0 Å². The second kappa shape index (κ2) is 6.29. The maximum Gasteiger partial charge on any atom is 0.255 e. The first-order valence-electron chi connectivity index (χ1n) is 6.86. The first kappa shape index (κ1) is 13.5. The molecule has 2 unspecified atom stereocenters. The molecule has 1 aliphatic heterocycles. The molecule has 2 aliphatic rings. The molecule has 1 N–H and O–H groups in total. The van der Waals surface area contributed by atoms with E-state index in [1.54, 1.807) is 0 Å². The predicted octanol–water partition coefficient (Wildman–Crippen LogP) is 0.540. The van der Waals surface area contributed by atoms with Crippen molar-refractivity contribution in [1.29, 1.82) is 0 Å². The van der Waals surface area contributed by atoms with Crippen molar-refractivity contribution in [3.8, 4) is 0 Å². The number of carbonyl (C=O) groups is 2. The van der Waals surface area contributed by atoms with Gasteiger partial charge in [0.25, 0.3) is 11.8 Å². The van der Waals surface area contributed by atoms with E-state index in [9.17, 15) is 9.59 Å². The maximum atomic E-state index is 11.6. The average Bonchev–Trinajstić information content (AvgIpc) is 2.77. The van der Waals surface area contributed by atoms with Crippen LogP contribution in [0.25, 0.3) is 0 Å². The summed E-state index contributed by atoms with van der Waals surface area (Å²) in [5.74, 6) is 0.210. The van der Waals surface area contributed by atoms with Crippen LogP contribution in [0.3, 0.4) is 0 Å². The number of ether oxygens (including phenoxy) is 1. The van der Waals surface area contributed by atoms with E-state index in [2.05, 4.69) is 12.2 Å². The van der Waals surface area contributed by atoms with Crippen LogP contribution in [-0.2, 0) is 14.3 Å². The van der Waals surface area contributed by atoms with Crippen LogP contribution in [0, 0.1) is 5.92 Å². The number of hydrogen-bond donors (Lipinski definition) is 1. The number of imide groups is 1. The second-order valence-corrected chi connectivity index (χ2v) is 5.08. The summed E-state index contributed by atoms with van der Waals surface area (Å²) in [5, 5.41) is 3.49. The van der Waals surface area contributed by atoms with Crippen molar-refractivity contribution in [1.82, 2.24) is 10.2 Å². The molecule has 0 aromatic rings. The number of morpholine rings is 1. The Morgan fingerprint density at radius 2 is 2.00 bits per heavy atom. The number of carbonyl (C=O) groups excluding carboxylic acids is 2. The fourth-order valence-corrected chi connectivity index (χ4v) is 2.98. The third-order valence-corrected chi connectivity index (χ3v) is 3.90. The summed E-state index contributed by atoms with van der Waals surface area (Å²) in [4.78, 5) is 24.5. The molecule has 1 aliphatic carbocycles.